The number of nitrogens with zero attached hydrogens (tertiary/aromatic N) is 1. The molecule has 3 rings (SSSR count). The van der Waals surface area contributed by atoms with Crippen molar-refractivity contribution in [2.75, 3.05) is 11.9 Å². The third-order valence-corrected chi connectivity index (χ3v) is 4.97. The highest BCUT2D eigenvalue weighted by molar-refractivity contribution is 6.21. The van der Waals surface area contributed by atoms with E-state index in [2.05, 4.69) is 12.2 Å². The molecule has 0 bridgehead atoms. The van der Waals surface area contributed by atoms with Crippen LogP contribution in [0.15, 0.2) is 48.5 Å². The second-order valence-corrected chi connectivity index (χ2v) is 7.11. The van der Waals surface area contributed by atoms with Crippen LogP contribution in [0.1, 0.15) is 65.3 Å². The van der Waals surface area contributed by atoms with Gasteiger partial charge >= 0.3 is 0 Å². The molecule has 0 atom stereocenters. The van der Waals surface area contributed by atoms with E-state index in [1.54, 1.807) is 24.3 Å². The van der Waals surface area contributed by atoms with Crippen LogP contribution in [-0.2, 0) is 11.2 Å². The van der Waals surface area contributed by atoms with E-state index in [0.29, 0.717) is 36.9 Å². The van der Waals surface area contributed by atoms with Crippen molar-refractivity contribution in [3.05, 3.63) is 65.2 Å². The zero-order chi connectivity index (χ0) is 19.9. The molecule has 0 fully saturated rings. The Morgan fingerprint density at radius 1 is 0.893 bits per heavy atom. The van der Waals surface area contributed by atoms with E-state index in [1.807, 2.05) is 24.3 Å². The summed E-state index contributed by atoms with van der Waals surface area (Å²) in [5.74, 6) is -0.537. The van der Waals surface area contributed by atoms with Gasteiger partial charge in [0.25, 0.3) is 11.8 Å². The van der Waals surface area contributed by atoms with Crippen molar-refractivity contribution in [2.24, 2.45) is 0 Å². The molecule has 2 aromatic rings. The Bertz CT molecular complexity index is 823. The molecule has 0 radical (unpaired) electrons. The van der Waals surface area contributed by atoms with Crippen LogP contribution in [0.25, 0.3) is 0 Å². The molecule has 0 saturated carbocycles. The summed E-state index contributed by atoms with van der Waals surface area (Å²) in [5, 5.41) is 2.90. The zero-order valence-electron chi connectivity index (χ0n) is 16.2. The molecular weight excluding hydrogens is 352 g/mol. The average molecular weight is 378 g/mol. The molecule has 146 valence electrons. The Morgan fingerprint density at radius 2 is 1.54 bits per heavy atom. The summed E-state index contributed by atoms with van der Waals surface area (Å²) in [7, 11) is 0. The smallest absolute Gasteiger partial charge is 0.261 e. The van der Waals surface area contributed by atoms with Crippen molar-refractivity contribution < 1.29 is 14.4 Å². The van der Waals surface area contributed by atoms with Crippen LogP contribution in [0.5, 0.6) is 0 Å². The minimum Gasteiger partial charge on any atom is -0.326 e. The van der Waals surface area contributed by atoms with Crippen LogP contribution in [-0.4, -0.2) is 29.2 Å². The molecule has 0 saturated heterocycles. The first-order valence-corrected chi connectivity index (χ1v) is 9.94. The van der Waals surface area contributed by atoms with Crippen molar-refractivity contribution in [3.63, 3.8) is 0 Å². The third kappa shape index (κ3) is 4.66. The number of amides is 3. The lowest BCUT2D eigenvalue weighted by Crippen LogP contribution is -2.30. The summed E-state index contributed by atoms with van der Waals surface area (Å²) in [5.41, 5.74) is 3.01. The largest absolute Gasteiger partial charge is 0.326 e. The van der Waals surface area contributed by atoms with Crippen molar-refractivity contribution in [2.45, 2.75) is 45.4 Å². The molecular formula is C23H26N2O3. The molecule has 1 aliphatic heterocycles. The van der Waals surface area contributed by atoms with E-state index in [-0.39, 0.29) is 17.7 Å². The number of carbonyl (C=O) groups excluding carboxylic acids is 3. The Hall–Kier alpha value is -2.95. The number of carbonyl (C=O) groups is 3. The average Bonchev–Trinajstić information content (AvgIpc) is 2.95. The molecule has 28 heavy (non-hydrogen) atoms. The van der Waals surface area contributed by atoms with Gasteiger partial charge < -0.3 is 5.32 Å². The lowest BCUT2D eigenvalue weighted by atomic mass is 10.1. The highest BCUT2D eigenvalue weighted by Crippen LogP contribution is 2.22. The number of aryl methyl sites for hydroxylation is 1. The first-order chi connectivity index (χ1) is 13.6. The van der Waals surface area contributed by atoms with Gasteiger partial charge in [-0.2, -0.15) is 0 Å². The Morgan fingerprint density at radius 3 is 2.14 bits per heavy atom. The first kappa shape index (κ1) is 19.8. The van der Waals surface area contributed by atoms with E-state index in [9.17, 15) is 14.4 Å². The number of anilines is 1. The van der Waals surface area contributed by atoms with Gasteiger partial charge in [-0.15, -0.1) is 0 Å². The molecule has 1 N–H and O–H groups in total. The predicted molar refractivity (Wildman–Crippen MR) is 109 cm³/mol. The van der Waals surface area contributed by atoms with E-state index >= 15 is 0 Å². The number of rotatable bonds is 9. The lowest BCUT2D eigenvalue weighted by Gasteiger charge is -2.13. The van der Waals surface area contributed by atoms with E-state index in [0.717, 1.165) is 12.1 Å². The molecule has 2 aromatic carbocycles. The summed E-state index contributed by atoms with van der Waals surface area (Å²) < 4.78 is 0. The van der Waals surface area contributed by atoms with Crippen molar-refractivity contribution >= 4 is 23.4 Å². The van der Waals surface area contributed by atoms with Crippen LogP contribution in [0.2, 0.25) is 0 Å². The minimum atomic E-state index is -0.242. The summed E-state index contributed by atoms with van der Waals surface area (Å²) in [6.45, 7) is 2.51. The fourth-order valence-corrected chi connectivity index (χ4v) is 3.36. The number of nitrogens with one attached hydrogen (secondary N) is 1. The monoisotopic (exact) mass is 378 g/mol. The second kappa shape index (κ2) is 9.31. The lowest BCUT2D eigenvalue weighted by molar-refractivity contribution is -0.116. The summed E-state index contributed by atoms with van der Waals surface area (Å²) in [6, 6.07) is 14.8. The third-order valence-electron chi connectivity index (χ3n) is 4.97. The molecule has 0 aliphatic carbocycles. The summed E-state index contributed by atoms with van der Waals surface area (Å²) >= 11 is 0. The van der Waals surface area contributed by atoms with Gasteiger partial charge in [0.1, 0.15) is 0 Å². The van der Waals surface area contributed by atoms with Crippen LogP contribution in [0.3, 0.4) is 0 Å². The topological polar surface area (TPSA) is 66.5 Å². The Kier molecular flexibility index (Phi) is 6.58. The standard InChI is InChI=1S/C23H26N2O3/c1-2-3-8-17-12-14-18(15-13-17)24-21(26)11-6-7-16-25-22(27)19-9-4-5-10-20(19)23(25)28/h4-5,9-10,12-15H,2-3,6-8,11,16H2,1H3,(H,24,26). The van der Waals surface area contributed by atoms with Gasteiger partial charge in [0.05, 0.1) is 11.1 Å². The predicted octanol–water partition coefficient (Wildman–Crippen LogP) is 4.43. The van der Waals surface area contributed by atoms with Gasteiger partial charge in [-0.1, -0.05) is 37.6 Å². The number of benzene rings is 2. The SMILES string of the molecule is CCCCc1ccc(NC(=O)CCCCN2C(=O)c3ccccc3C2=O)cc1. The van der Waals surface area contributed by atoms with Gasteiger partial charge in [0, 0.05) is 18.7 Å². The molecule has 5 heteroatoms. The fraction of sp³-hybridized carbons (Fsp3) is 0.348. The van der Waals surface area contributed by atoms with Crippen molar-refractivity contribution in [1.82, 2.24) is 4.90 Å². The summed E-state index contributed by atoms with van der Waals surface area (Å²) in [4.78, 5) is 38.0. The van der Waals surface area contributed by atoms with Crippen LogP contribution >= 0.6 is 0 Å². The quantitative estimate of drug-likeness (QED) is 0.518. The van der Waals surface area contributed by atoms with Crippen LogP contribution < -0.4 is 5.32 Å². The van der Waals surface area contributed by atoms with Gasteiger partial charge in [-0.25, -0.2) is 0 Å². The van der Waals surface area contributed by atoms with Gasteiger partial charge in [-0.3, -0.25) is 19.3 Å². The highest BCUT2D eigenvalue weighted by Gasteiger charge is 2.34. The summed E-state index contributed by atoms with van der Waals surface area (Å²) in [6.07, 6.45) is 4.98. The molecule has 0 spiro atoms. The first-order valence-electron chi connectivity index (χ1n) is 9.94. The molecule has 1 aliphatic rings. The molecule has 0 aromatic heterocycles. The normalized spacial score (nSPS) is 13.0. The van der Waals surface area contributed by atoms with Crippen molar-refractivity contribution in [3.8, 4) is 0 Å². The molecule has 3 amide bonds. The fourth-order valence-electron chi connectivity index (χ4n) is 3.36. The maximum Gasteiger partial charge on any atom is 0.261 e. The number of hydrogen-bond donors (Lipinski definition) is 1. The van der Waals surface area contributed by atoms with E-state index < -0.39 is 0 Å². The Balaban J connectivity index is 1.40. The van der Waals surface area contributed by atoms with Crippen molar-refractivity contribution in [1.29, 1.82) is 0 Å². The van der Waals surface area contributed by atoms with E-state index in [4.69, 9.17) is 0 Å². The maximum absolute atomic E-state index is 12.3. The van der Waals surface area contributed by atoms with Gasteiger partial charge in [0.2, 0.25) is 5.91 Å². The number of imide groups is 1. The molecule has 0 unspecified atom stereocenters. The van der Waals surface area contributed by atoms with Gasteiger partial charge in [-0.05, 0) is 55.5 Å². The van der Waals surface area contributed by atoms with Gasteiger partial charge in [0.15, 0.2) is 0 Å². The van der Waals surface area contributed by atoms with E-state index in [1.165, 1.54) is 23.3 Å². The number of hydrogen-bond acceptors (Lipinski definition) is 3. The van der Waals surface area contributed by atoms with Crippen LogP contribution in [0.4, 0.5) is 5.69 Å². The number of unbranched alkanes of at least 4 members (excludes halogenated alkanes) is 2. The highest BCUT2D eigenvalue weighted by atomic mass is 16.2. The Labute approximate surface area is 165 Å². The van der Waals surface area contributed by atoms with Crippen LogP contribution in [0, 0.1) is 0 Å². The molecule has 1 heterocycles. The second-order valence-electron chi connectivity index (χ2n) is 7.11. The minimum absolute atomic E-state index is 0.0522. The zero-order valence-corrected chi connectivity index (χ0v) is 16.2. The molecule has 5 nitrogen and oxygen atoms in total. The number of fused-ring (bicyclic) bond motifs is 1. The maximum atomic E-state index is 12.3.